The van der Waals surface area contributed by atoms with Crippen molar-refractivity contribution in [2.45, 2.75) is 31.5 Å². The van der Waals surface area contributed by atoms with Crippen LogP contribution >= 0.6 is 0 Å². The Morgan fingerprint density at radius 3 is 2.15 bits per heavy atom. The van der Waals surface area contributed by atoms with Gasteiger partial charge in [0.1, 0.15) is 11.5 Å². The number of halogens is 6. The molecule has 1 atom stereocenters. The van der Waals surface area contributed by atoms with E-state index in [2.05, 4.69) is 4.74 Å². The molecular weight excluding hydrogens is 446 g/mol. The van der Waals surface area contributed by atoms with Crippen LogP contribution in [0.3, 0.4) is 0 Å². The second-order valence-electron chi connectivity index (χ2n) is 7.44. The summed E-state index contributed by atoms with van der Waals surface area (Å²) >= 11 is 0. The largest absolute Gasteiger partial charge is 0.573 e. The monoisotopic (exact) mass is 466 g/mol. The number of alkyl halides is 5. The molecule has 3 aromatic rings. The zero-order chi connectivity index (χ0) is 24.1. The highest BCUT2D eigenvalue weighted by Crippen LogP contribution is 2.34. The molecule has 0 spiro atoms. The van der Waals surface area contributed by atoms with Gasteiger partial charge in [-0.15, -0.1) is 13.2 Å². The fraction of sp³-hybridized carbons (Fsp3) is 0.200. The van der Waals surface area contributed by atoms with Crippen molar-refractivity contribution < 1.29 is 35.8 Å². The number of para-hydroxylation sites is 1. The van der Waals surface area contributed by atoms with Crippen LogP contribution in [-0.4, -0.2) is 12.8 Å². The fourth-order valence-electron chi connectivity index (χ4n) is 3.12. The Kier molecular flexibility index (Phi) is 7.36. The molecule has 2 nitrogen and oxygen atoms in total. The van der Waals surface area contributed by atoms with Crippen LogP contribution in [0.5, 0.6) is 17.2 Å². The van der Waals surface area contributed by atoms with Crippen LogP contribution in [0.15, 0.2) is 84.9 Å². The van der Waals surface area contributed by atoms with Crippen LogP contribution in [-0.2, 0) is 11.8 Å². The lowest BCUT2D eigenvalue weighted by Crippen LogP contribution is -2.28. The first-order valence-corrected chi connectivity index (χ1v) is 9.90. The van der Waals surface area contributed by atoms with Gasteiger partial charge in [-0.3, -0.25) is 0 Å². The van der Waals surface area contributed by atoms with E-state index in [0.29, 0.717) is 11.3 Å². The molecule has 0 N–H and O–H groups in total. The molecular formula is C25H20F6O2. The highest BCUT2D eigenvalue weighted by Gasteiger charge is 2.35. The molecule has 1 unspecified atom stereocenters. The maximum atomic E-state index is 14.1. The predicted octanol–water partition coefficient (Wildman–Crippen LogP) is 7.84. The van der Waals surface area contributed by atoms with Gasteiger partial charge in [-0.2, -0.15) is 0 Å². The van der Waals surface area contributed by atoms with Gasteiger partial charge < -0.3 is 9.47 Å². The van der Waals surface area contributed by atoms with Gasteiger partial charge >= 0.3 is 6.36 Å². The number of hydrogen-bond donors (Lipinski definition) is 0. The summed E-state index contributed by atoms with van der Waals surface area (Å²) in [6.45, 7) is 1.28. The van der Waals surface area contributed by atoms with E-state index >= 15 is 0 Å². The first-order chi connectivity index (χ1) is 15.6. The van der Waals surface area contributed by atoms with E-state index in [1.807, 2.05) is 0 Å². The second-order valence-corrected chi connectivity index (χ2v) is 7.44. The first kappa shape index (κ1) is 24.2. The Balaban J connectivity index is 1.75. The van der Waals surface area contributed by atoms with E-state index in [4.69, 9.17) is 4.74 Å². The summed E-state index contributed by atoms with van der Waals surface area (Å²) in [5.41, 5.74) is -1.00. The minimum absolute atomic E-state index is 0.00368. The van der Waals surface area contributed by atoms with Crippen molar-refractivity contribution in [3.8, 4) is 17.2 Å². The van der Waals surface area contributed by atoms with E-state index in [0.717, 1.165) is 12.1 Å². The Morgan fingerprint density at radius 2 is 1.55 bits per heavy atom. The van der Waals surface area contributed by atoms with Crippen molar-refractivity contribution in [2.75, 3.05) is 0 Å². The van der Waals surface area contributed by atoms with E-state index in [-0.39, 0.29) is 17.7 Å². The average Bonchev–Trinajstić information content (AvgIpc) is 2.76. The summed E-state index contributed by atoms with van der Waals surface area (Å²) in [7, 11) is 0. The molecule has 0 aliphatic rings. The van der Waals surface area contributed by atoms with E-state index in [1.54, 1.807) is 30.3 Å². The normalized spacial score (nSPS) is 13.8. The molecule has 0 saturated carbocycles. The zero-order valence-electron chi connectivity index (χ0n) is 17.5. The van der Waals surface area contributed by atoms with Crippen LogP contribution in [0.2, 0.25) is 0 Å². The van der Waals surface area contributed by atoms with Gasteiger partial charge in [-0.25, -0.2) is 13.2 Å². The molecule has 0 saturated heterocycles. The zero-order valence-corrected chi connectivity index (χ0v) is 17.5. The minimum atomic E-state index is -4.87. The molecule has 8 heteroatoms. The Labute approximate surface area is 187 Å². The molecule has 0 radical (unpaired) electrons. The highest BCUT2D eigenvalue weighted by atomic mass is 19.4. The topological polar surface area (TPSA) is 18.5 Å². The van der Waals surface area contributed by atoms with Crippen LogP contribution in [0.25, 0.3) is 0 Å². The smallest absolute Gasteiger partial charge is 0.454 e. The summed E-state index contributed by atoms with van der Waals surface area (Å²) in [6, 6.07) is 17.2. The number of ether oxygens (including phenoxy) is 2. The number of benzene rings is 3. The van der Waals surface area contributed by atoms with E-state index in [9.17, 15) is 26.3 Å². The van der Waals surface area contributed by atoms with Gasteiger partial charge in [-0.1, -0.05) is 48.6 Å². The summed E-state index contributed by atoms with van der Waals surface area (Å²) in [4.78, 5) is 0. The van der Waals surface area contributed by atoms with E-state index < -0.39 is 29.8 Å². The molecule has 0 heterocycles. The summed E-state index contributed by atoms with van der Waals surface area (Å²) in [6.07, 6.45) is -4.69. The molecule has 0 fully saturated rings. The minimum Gasteiger partial charge on any atom is -0.454 e. The maximum Gasteiger partial charge on any atom is 0.573 e. The quantitative estimate of drug-likeness (QED) is 0.249. The summed E-state index contributed by atoms with van der Waals surface area (Å²) in [5.74, 6) is -0.606. The standard InChI is InChI=1S/C25H20F6O2/c1-24(23(27)28,18-10-12-20(13-11-18)33-25(29,30)31)15-5-6-17-9-14-21(26)22(16-17)32-19-7-3-2-4-8-19/h2-5,7-16,23H,6H2,1H3. The number of hydrogen-bond acceptors (Lipinski definition) is 2. The Hall–Kier alpha value is -3.42. The van der Waals surface area contributed by atoms with Crippen LogP contribution < -0.4 is 9.47 Å². The van der Waals surface area contributed by atoms with Crippen molar-refractivity contribution in [3.63, 3.8) is 0 Å². The molecule has 0 aliphatic carbocycles. The molecule has 174 valence electrons. The van der Waals surface area contributed by atoms with Gasteiger partial charge in [0.05, 0.1) is 5.41 Å². The van der Waals surface area contributed by atoms with Crippen molar-refractivity contribution in [1.82, 2.24) is 0 Å². The van der Waals surface area contributed by atoms with Crippen molar-refractivity contribution >= 4 is 0 Å². The lowest BCUT2D eigenvalue weighted by Gasteiger charge is -2.26. The molecule has 0 amide bonds. The first-order valence-electron chi connectivity index (χ1n) is 9.90. The highest BCUT2D eigenvalue weighted by molar-refractivity contribution is 5.38. The molecule has 3 rings (SSSR count). The van der Waals surface area contributed by atoms with Gasteiger partial charge in [0.2, 0.25) is 0 Å². The third kappa shape index (κ3) is 6.54. The summed E-state index contributed by atoms with van der Waals surface area (Å²) < 4.78 is 88.2. The summed E-state index contributed by atoms with van der Waals surface area (Å²) in [5, 5.41) is 0. The van der Waals surface area contributed by atoms with Crippen LogP contribution in [0, 0.1) is 5.82 Å². The van der Waals surface area contributed by atoms with E-state index in [1.165, 1.54) is 49.4 Å². The van der Waals surface area contributed by atoms with Gasteiger partial charge in [0, 0.05) is 0 Å². The van der Waals surface area contributed by atoms with Crippen molar-refractivity contribution in [1.29, 1.82) is 0 Å². The molecule has 33 heavy (non-hydrogen) atoms. The van der Waals surface area contributed by atoms with Gasteiger partial charge in [-0.05, 0) is 60.9 Å². The lowest BCUT2D eigenvalue weighted by atomic mass is 9.82. The van der Waals surface area contributed by atoms with Gasteiger partial charge in [0.25, 0.3) is 6.43 Å². The fourth-order valence-corrected chi connectivity index (χ4v) is 3.12. The van der Waals surface area contributed by atoms with Crippen LogP contribution in [0.1, 0.15) is 18.1 Å². The molecule has 0 bridgehead atoms. The predicted molar refractivity (Wildman–Crippen MR) is 112 cm³/mol. The SMILES string of the molecule is CC(C=CCc1ccc(F)c(Oc2ccccc2)c1)(c1ccc(OC(F)(F)F)cc1)C(F)F. The number of allylic oxidation sites excluding steroid dienone is 2. The van der Waals surface area contributed by atoms with Crippen LogP contribution in [0.4, 0.5) is 26.3 Å². The van der Waals surface area contributed by atoms with Gasteiger partial charge in [0.15, 0.2) is 11.6 Å². The molecule has 0 aromatic heterocycles. The molecule has 0 aliphatic heterocycles. The lowest BCUT2D eigenvalue weighted by molar-refractivity contribution is -0.274. The number of rotatable bonds is 8. The maximum absolute atomic E-state index is 14.1. The van der Waals surface area contributed by atoms with Crippen molar-refractivity contribution in [3.05, 3.63) is 102 Å². The Morgan fingerprint density at radius 1 is 0.879 bits per heavy atom. The Bertz CT molecular complexity index is 1080. The third-order valence-corrected chi connectivity index (χ3v) is 4.95. The third-order valence-electron chi connectivity index (χ3n) is 4.95. The van der Waals surface area contributed by atoms with Crippen molar-refractivity contribution in [2.24, 2.45) is 0 Å². The second kappa shape index (κ2) is 10.0. The molecule has 3 aromatic carbocycles. The average molecular weight is 466 g/mol.